The van der Waals surface area contributed by atoms with Crippen LogP contribution in [0.4, 0.5) is 0 Å². The Labute approximate surface area is 157 Å². The molecular formula is C19H25N5O3. The van der Waals surface area contributed by atoms with Crippen LogP contribution < -0.4 is 10.9 Å². The maximum Gasteiger partial charge on any atom is 0.252 e. The summed E-state index contributed by atoms with van der Waals surface area (Å²) in [4.78, 5) is 38.5. The molecule has 2 N–H and O–H groups in total. The summed E-state index contributed by atoms with van der Waals surface area (Å²) in [6.07, 6.45) is 5.68. The number of H-pyrrole nitrogens is 1. The van der Waals surface area contributed by atoms with Crippen LogP contribution in [0.2, 0.25) is 0 Å². The van der Waals surface area contributed by atoms with Crippen molar-refractivity contribution in [2.24, 2.45) is 0 Å². The lowest BCUT2D eigenvalue weighted by Crippen LogP contribution is -2.35. The number of rotatable bonds is 6. The maximum atomic E-state index is 12.5. The van der Waals surface area contributed by atoms with E-state index in [-0.39, 0.29) is 30.0 Å². The quantitative estimate of drug-likeness (QED) is 0.797. The molecule has 0 bridgehead atoms. The molecule has 3 rings (SSSR count). The first kappa shape index (κ1) is 18.9. The molecule has 27 heavy (non-hydrogen) atoms. The average Bonchev–Trinajstić information content (AvgIpc) is 3.28. The van der Waals surface area contributed by atoms with Crippen molar-refractivity contribution in [1.82, 2.24) is 25.0 Å². The third-order valence-electron chi connectivity index (χ3n) is 4.83. The summed E-state index contributed by atoms with van der Waals surface area (Å²) >= 11 is 0. The average molecular weight is 371 g/mol. The number of carbonyl (C=O) groups excluding carboxylic acids is 2. The van der Waals surface area contributed by atoms with Gasteiger partial charge in [-0.25, -0.2) is 0 Å². The van der Waals surface area contributed by atoms with E-state index in [4.69, 9.17) is 0 Å². The van der Waals surface area contributed by atoms with Gasteiger partial charge in [0.05, 0.1) is 17.8 Å². The summed E-state index contributed by atoms with van der Waals surface area (Å²) in [6, 6.07) is 4.89. The molecule has 8 nitrogen and oxygen atoms in total. The number of hydrogen-bond acceptors (Lipinski definition) is 4. The number of aromatic nitrogens is 3. The topological polar surface area (TPSA) is 100 Å². The molecule has 144 valence electrons. The molecule has 1 aliphatic rings. The summed E-state index contributed by atoms with van der Waals surface area (Å²) in [5.41, 5.74) is 1.74. The molecule has 2 aromatic heterocycles. The maximum absolute atomic E-state index is 12.5. The van der Waals surface area contributed by atoms with Gasteiger partial charge < -0.3 is 14.8 Å². The van der Waals surface area contributed by atoms with Crippen LogP contribution in [0, 0.1) is 6.92 Å². The molecular weight excluding hydrogens is 346 g/mol. The molecule has 0 spiro atoms. The van der Waals surface area contributed by atoms with E-state index in [0.717, 1.165) is 37.1 Å². The largest absolute Gasteiger partial charge is 0.349 e. The van der Waals surface area contributed by atoms with E-state index in [1.807, 2.05) is 13.0 Å². The van der Waals surface area contributed by atoms with Crippen molar-refractivity contribution in [3.8, 4) is 0 Å². The van der Waals surface area contributed by atoms with Gasteiger partial charge in [-0.2, -0.15) is 5.10 Å². The Morgan fingerprint density at radius 2 is 2.07 bits per heavy atom. The molecule has 0 unspecified atom stereocenters. The SMILES string of the molecule is Cc1cc(CN(C)C(=O)Cn2cc(C(=O)NC3CCCC3)ccc2=O)n[nH]1. The predicted octanol–water partition coefficient (Wildman–Crippen LogP) is 1.21. The van der Waals surface area contributed by atoms with E-state index >= 15 is 0 Å². The van der Waals surface area contributed by atoms with Gasteiger partial charge in [-0.05, 0) is 31.9 Å². The summed E-state index contributed by atoms with van der Waals surface area (Å²) in [6.45, 7) is 2.11. The van der Waals surface area contributed by atoms with Crippen molar-refractivity contribution >= 4 is 11.8 Å². The number of amides is 2. The first-order chi connectivity index (χ1) is 12.9. The van der Waals surface area contributed by atoms with E-state index in [9.17, 15) is 14.4 Å². The van der Waals surface area contributed by atoms with Crippen LogP contribution in [0.1, 0.15) is 47.4 Å². The second-order valence-corrected chi connectivity index (χ2v) is 7.13. The normalized spacial score (nSPS) is 14.3. The van der Waals surface area contributed by atoms with Gasteiger partial charge in [0.15, 0.2) is 0 Å². The first-order valence-corrected chi connectivity index (χ1v) is 9.18. The second-order valence-electron chi connectivity index (χ2n) is 7.13. The van der Waals surface area contributed by atoms with Crippen LogP contribution >= 0.6 is 0 Å². The minimum Gasteiger partial charge on any atom is -0.349 e. The van der Waals surface area contributed by atoms with Crippen molar-refractivity contribution in [1.29, 1.82) is 0 Å². The Balaban J connectivity index is 1.65. The summed E-state index contributed by atoms with van der Waals surface area (Å²) < 4.78 is 1.28. The van der Waals surface area contributed by atoms with Gasteiger partial charge in [-0.1, -0.05) is 12.8 Å². The number of nitrogens with one attached hydrogen (secondary N) is 2. The standard InChI is InChI=1S/C19H25N5O3/c1-13-9-16(22-21-13)11-23(2)18(26)12-24-10-14(7-8-17(24)25)19(27)20-15-5-3-4-6-15/h7-10,15H,3-6,11-12H2,1-2H3,(H,20,27)(H,21,22). The Morgan fingerprint density at radius 3 is 2.74 bits per heavy atom. The lowest BCUT2D eigenvalue weighted by Gasteiger charge is -2.17. The Kier molecular flexibility index (Phi) is 5.73. The van der Waals surface area contributed by atoms with Crippen molar-refractivity contribution in [2.45, 2.75) is 51.7 Å². The number of likely N-dealkylation sites (N-methyl/N-ethyl adjacent to an activating group) is 1. The van der Waals surface area contributed by atoms with Crippen molar-refractivity contribution in [2.75, 3.05) is 7.05 Å². The Morgan fingerprint density at radius 1 is 1.33 bits per heavy atom. The highest BCUT2D eigenvalue weighted by Gasteiger charge is 2.19. The summed E-state index contributed by atoms with van der Waals surface area (Å²) in [7, 11) is 1.66. The molecule has 0 atom stereocenters. The second kappa shape index (κ2) is 8.20. The smallest absolute Gasteiger partial charge is 0.252 e. The third kappa shape index (κ3) is 4.84. The monoisotopic (exact) mass is 371 g/mol. The van der Waals surface area contributed by atoms with Crippen LogP contribution in [0.3, 0.4) is 0 Å². The third-order valence-corrected chi connectivity index (χ3v) is 4.83. The molecule has 1 fully saturated rings. The van der Waals surface area contributed by atoms with Gasteiger partial charge >= 0.3 is 0 Å². The molecule has 2 aromatic rings. The van der Waals surface area contributed by atoms with Gasteiger partial charge in [-0.15, -0.1) is 0 Å². The molecule has 0 aliphatic heterocycles. The Bertz CT molecular complexity index is 879. The summed E-state index contributed by atoms with van der Waals surface area (Å²) in [5.74, 6) is -0.436. The molecule has 1 saturated carbocycles. The highest BCUT2D eigenvalue weighted by molar-refractivity contribution is 5.94. The minimum absolute atomic E-state index is 0.122. The van der Waals surface area contributed by atoms with Crippen LogP contribution in [-0.4, -0.2) is 44.6 Å². The van der Waals surface area contributed by atoms with E-state index < -0.39 is 0 Å². The zero-order chi connectivity index (χ0) is 19.4. The van der Waals surface area contributed by atoms with Crippen molar-refractivity contribution in [3.63, 3.8) is 0 Å². The number of pyridine rings is 1. The fourth-order valence-electron chi connectivity index (χ4n) is 3.28. The van der Waals surface area contributed by atoms with Crippen LogP contribution in [0.25, 0.3) is 0 Å². The molecule has 8 heteroatoms. The molecule has 2 heterocycles. The number of hydrogen-bond donors (Lipinski definition) is 2. The van der Waals surface area contributed by atoms with Crippen LogP contribution in [0.15, 0.2) is 29.2 Å². The molecule has 0 aromatic carbocycles. The predicted molar refractivity (Wildman–Crippen MR) is 100 cm³/mol. The van der Waals surface area contributed by atoms with Gasteiger partial charge in [0.1, 0.15) is 6.54 Å². The molecule has 2 amide bonds. The highest BCUT2D eigenvalue weighted by Crippen LogP contribution is 2.18. The van der Waals surface area contributed by atoms with Crippen molar-refractivity contribution in [3.05, 3.63) is 51.7 Å². The number of nitrogens with zero attached hydrogens (tertiary/aromatic N) is 3. The van der Waals surface area contributed by atoms with Gasteiger partial charge in [0, 0.05) is 31.0 Å². The fraction of sp³-hybridized carbons (Fsp3) is 0.474. The molecule has 0 radical (unpaired) electrons. The van der Waals surface area contributed by atoms with E-state index in [0.29, 0.717) is 12.1 Å². The lowest BCUT2D eigenvalue weighted by molar-refractivity contribution is -0.131. The van der Waals surface area contributed by atoms with Crippen LogP contribution in [0.5, 0.6) is 0 Å². The number of aryl methyl sites for hydroxylation is 1. The van der Waals surface area contributed by atoms with E-state index in [1.165, 1.54) is 27.8 Å². The van der Waals surface area contributed by atoms with Crippen LogP contribution in [-0.2, 0) is 17.9 Å². The Hall–Kier alpha value is -2.90. The van der Waals surface area contributed by atoms with Gasteiger partial charge in [0.25, 0.3) is 11.5 Å². The zero-order valence-electron chi connectivity index (χ0n) is 15.7. The lowest BCUT2D eigenvalue weighted by atomic mass is 10.2. The van der Waals surface area contributed by atoms with E-state index in [1.54, 1.807) is 7.05 Å². The minimum atomic E-state index is -0.315. The van der Waals surface area contributed by atoms with Crippen molar-refractivity contribution < 1.29 is 9.59 Å². The van der Waals surface area contributed by atoms with E-state index in [2.05, 4.69) is 15.5 Å². The van der Waals surface area contributed by atoms with Gasteiger partial charge in [0.2, 0.25) is 5.91 Å². The molecule has 0 saturated heterocycles. The summed E-state index contributed by atoms with van der Waals surface area (Å²) in [5, 5.41) is 9.93. The number of carbonyl (C=O) groups is 2. The molecule has 1 aliphatic carbocycles. The first-order valence-electron chi connectivity index (χ1n) is 9.18. The highest BCUT2D eigenvalue weighted by atomic mass is 16.2. The zero-order valence-corrected chi connectivity index (χ0v) is 15.7. The van der Waals surface area contributed by atoms with Gasteiger partial charge in [-0.3, -0.25) is 19.5 Å². The fourth-order valence-corrected chi connectivity index (χ4v) is 3.28. The number of aromatic amines is 1.